The van der Waals surface area contributed by atoms with Gasteiger partial charge in [-0.15, -0.1) is 0 Å². The zero-order valence-electron chi connectivity index (χ0n) is 16.2. The van der Waals surface area contributed by atoms with Crippen LogP contribution in [0, 0.1) is 0 Å². The van der Waals surface area contributed by atoms with E-state index in [9.17, 15) is 0 Å². The molecule has 5 nitrogen and oxygen atoms in total. The lowest BCUT2D eigenvalue weighted by Gasteiger charge is -2.14. The van der Waals surface area contributed by atoms with Crippen LogP contribution in [-0.2, 0) is 0 Å². The van der Waals surface area contributed by atoms with Gasteiger partial charge in [-0.2, -0.15) is 0 Å². The van der Waals surface area contributed by atoms with Gasteiger partial charge in [0, 0.05) is 22.9 Å². The van der Waals surface area contributed by atoms with Crippen LogP contribution < -0.4 is 14.8 Å². The summed E-state index contributed by atoms with van der Waals surface area (Å²) in [5, 5.41) is 4.19. The average molecular weight is 424 g/mol. The first kappa shape index (κ1) is 19.7. The Morgan fingerprint density at radius 2 is 1.86 bits per heavy atom. The molecule has 0 fully saturated rings. The first-order valence-corrected chi connectivity index (χ1v) is 11.0. The van der Waals surface area contributed by atoms with E-state index in [2.05, 4.69) is 22.2 Å². The van der Waals surface area contributed by atoms with Crippen molar-refractivity contribution in [1.29, 1.82) is 0 Å². The number of aliphatic imine (C=N–C) groups is 1. The van der Waals surface area contributed by atoms with Crippen LogP contribution in [-0.4, -0.2) is 29.1 Å². The van der Waals surface area contributed by atoms with Gasteiger partial charge in [-0.1, -0.05) is 53.9 Å². The minimum absolute atomic E-state index is 0.307. The molecule has 1 atom stereocenters. The number of thioether (sulfide) groups is 1. The summed E-state index contributed by atoms with van der Waals surface area (Å²) < 4.78 is 11.6. The number of para-hydroxylation sites is 2. The zero-order chi connectivity index (χ0) is 20.1. The van der Waals surface area contributed by atoms with Crippen molar-refractivity contribution >= 4 is 34.5 Å². The maximum Gasteiger partial charge on any atom is 0.175 e. The normalized spacial score (nSPS) is 15.7. The summed E-state index contributed by atoms with van der Waals surface area (Å²) in [6, 6.07) is 19.9. The van der Waals surface area contributed by atoms with Gasteiger partial charge in [0.15, 0.2) is 16.7 Å². The average Bonchev–Trinajstić information content (AvgIpc) is 3.16. The molecule has 0 spiro atoms. The molecule has 1 aromatic heterocycles. The van der Waals surface area contributed by atoms with Gasteiger partial charge >= 0.3 is 0 Å². The maximum atomic E-state index is 6.15. The number of benzene rings is 2. The van der Waals surface area contributed by atoms with Gasteiger partial charge in [0.05, 0.1) is 18.0 Å². The quantitative estimate of drug-likeness (QED) is 0.530. The second kappa shape index (κ2) is 9.24. The largest absolute Gasteiger partial charge is 0.496 e. The highest BCUT2D eigenvalue weighted by molar-refractivity contribution is 8.14. The first-order chi connectivity index (χ1) is 14.2. The molecule has 7 heteroatoms. The summed E-state index contributed by atoms with van der Waals surface area (Å²) in [5.41, 5.74) is 0. The van der Waals surface area contributed by atoms with Crippen molar-refractivity contribution in [1.82, 2.24) is 4.98 Å². The van der Waals surface area contributed by atoms with E-state index >= 15 is 0 Å². The molecular weight excluding hydrogens is 402 g/mol. The summed E-state index contributed by atoms with van der Waals surface area (Å²) >= 11 is 3.28. The zero-order valence-corrected chi connectivity index (χ0v) is 17.8. The predicted octanol–water partition coefficient (Wildman–Crippen LogP) is 5.94. The number of hydrogen-bond donors (Lipinski definition) is 1. The molecule has 0 aliphatic carbocycles. The van der Waals surface area contributed by atoms with Gasteiger partial charge in [0.1, 0.15) is 11.5 Å². The van der Waals surface area contributed by atoms with E-state index in [4.69, 9.17) is 9.47 Å². The second-order valence-electron chi connectivity index (χ2n) is 6.41. The topological polar surface area (TPSA) is 55.7 Å². The summed E-state index contributed by atoms with van der Waals surface area (Å²) in [5.74, 6) is 3.86. The third kappa shape index (κ3) is 5.05. The number of methoxy groups -OCH3 is 1. The van der Waals surface area contributed by atoms with Crippen molar-refractivity contribution in [2.75, 3.05) is 18.2 Å². The first-order valence-electron chi connectivity index (χ1n) is 9.22. The summed E-state index contributed by atoms with van der Waals surface area (Å²) in [4.78, 5) is 11.2. The fourth-order valence-corrected chi connectivity index (χ4v) is 4.56. The van der Waals surface area contributed by atoms with E-state index in [0.29, 0.717) is 17.6 Å². The lowest BCUT2D eigenvalue weighted by Crippen LogP contribution is -2.08. The molecule has 0 saturated heterocycles. The van der Waals surface area contributed by atoms with Crippen molar-refractivity contribution in [3.63, 3.8) is 0 Å². The van der Waals surface area contributed by atoms with E-state index in [0.717, 1.165) is 32.2 Å². The molecule has 1 aliphatic heterocycles. The number of nitrogens with one attached hydrogen (secondary N) is 1. The fraction of sp³-hybridized carbons (Fsp3) is 0.182. The third-order valence-electron chi connectivity index (χ3n) is 4.12. The molecule has 2 aromatic carbocycles. The number of amidine groups is 1. The van der Waals surface area contributed by atoms with E-state index < -0.39 is 0 Å². The molecule has 0 saturated carbocycles. The molecular formula is C22H21N3O2S2. The summed E-state index contributed by atoms with van der Waals surface area (Å²) in [6.07, 6.45) is 1.83. The van der Waals surface area contributed by atoms with Crippen LogP contribution in [0.25, 0.3) is 0 Å². The van der Waals surface area contributed by atoms with Crippen LogP contribution in [0.1, 0.15) is 6.92 Å². The molecule has 0 amide bonds. The Kier molecular flexibility index (Phi) is 6.27. The molecule has 148 valence electrons. The van der Waals surface area contributed by atoms with Crippen LogP contribution in [0.4, 0.5) is 5.82 Å². The number of hydrogen-bond acceptors (Lipinski definition) is 7. The van der Waals surface area contributed by atoms with Gasteiger partial charge in [0.25, 0.3) is 0 Å². The molecule has 0 bridgehead atoms. The van der Waals surface area contributed by atoms with Crippen molar-refractivity contribution in [2.24, 2.45) is 4.99 Å². The number of pyridine rings is 1. The van der Waals surface area contributed by atoms with Gasteiger partial charge in [-0.05, 0) is 31.2 Å². The minimum Gasteiger partial charge on any atom is -0.496 e. The Bertz CT molecular complexity index is 1010. The predicted molar refractivity (Wildman–Crippen MR) is 121 cm³/mol. The Morgan fingerprint density at radius 3 is 2.62 bits per heavy atom. The van der Waals surface area contributed by atoms with Crippen molar-refractivity contribution < 1.29 is 9.47 Å². The van der Waals surface area contributed by atoms with E-state index in [-0.39, 0.29) is 0 Å². The van der Waals surface area contributed by atoms with Crippen LogP contribution in [0.5, 0.6) is 17.2 Å². The van der Waals surface area contributed by atoms with E-state index in [1.165, 1.54) is 0 Å². The molecule has 29 heavy (non-hydrogen) atoms. The Labute approximate surface area is 179 Å². The number of nitrogens with zero attached hydrogens (tertiary/aromatic N) is 2. The van der Waals surface area contributed by atoms with Crippen molar-refractivity contribution in [2.45, 2.75) is 22.8 Å². The van der Waals surface area contributed by atoms with Crippen LogP contribution in [0.3, 0.4) is 0 Å². The monoisotopic (exact) mass is 423 g/mol. The number of ether oxygens (including phenoxy) is 2. The van der Waals surface area contributed by atoms with Crippen LogP contribution in [0.2, 0.25) is 0 Å². The number of rotatable bonds is 6. The second-order valence-corrected chi connectivity index (χ2v) is 8.53. The Morgan fingerprint density at radius 1 is 1.07 bits per heavy atom. The van der Waals surface area contributed by atoms with Gasteiger partial charge in [-0.25, -0.2) is 4.98 Å². The Balaban J connectivity index is 1.63. The highest BCUT2D eigenvalue weighted by atomic mass is 32.2. The van der Waals surface area contributed by atoms with Crippen LogP contribution >= 0.6 is 23.5 Å². The fourth-order valence-electron chi connectivity index (χ4n) is 2.74. The van der Waals surface area contributed by atoms with Gasteiger partial charge < -0.3 is 14.8 Å². The standard InChI is InChI=1S/C22H21N3O2S2/c1-15-14-28-22(24-15)25-21-19(27-16-8-4-3-5-9-16)12-17(13-23-21)29-20-11-7-6-10-18(20)26-2/h3-13,15H,14H2,1-2H3,(H,23,24,25). The SMILES string of the molecule is COc1ccccc1Sc1cnc(NC2=NC(C)CS2)c(Oc2ccccc2)c1. The molecule has 1 N–H and O–H groups in total. The molecule has 3 aromatic rings. The van der Waals surface area contributed by atoms with Gasteiger partial charge in [0.2, 0.25) is 0 Å². The molecule has 2 heterocycles. The van der Waals surface area contributed by atoms with Gasteiger partial charge in [-0.3, -0.25) is 4.99 Å². The smallest absolute Gasteiger partial charge is 0.175 e. The lowest BCUT2D eigenvalue weighted by molar-refractivity contribution is 0.405. The highest BCUT2D eigenvalue weighted by Crippen LogP contribution is 2.38. The highest BCUT2D eigenvalue weighted by Gasteiger charge is 2.17. The third-order valence-corrected chi connectivity index (χ3v) is 6.27. The summed E-state index contributed by atoms with van der Waals surface area (Å²) in [6.45, 7) is 2.10. The van der Waals surface area contributed by atoms with E-state index in [1.54, 1.807) is 30.6 Å². The minimum atomic E-state index is 0.307. The molecule has 4 rings (SSSR count). The number of anilines is 1. The van der Waals surface area contributed by atoms with Crippen molar-refractivity contribution in [3.8, 4) is 17.2 Å². The molecule has 1 unspecified atom stereocenters. The van der Waals surface area contributed by atoms with E-state index in [1.807, 2.05) is 66.9 Å². The number of aromatic nitrogens is 1. The van der Waals surface area contributed by atoms with Crippen LogP contribution in [0.15, 0.2) is 81.6 Å². The lowest BCUT2D eigenvalue weighted by atomic mass is 10.3. The molecule has 1 aliphatic rings. The maximum absolute atomic E-state index is 6.15. The molecule has 0 radical (unpaired) electrons. The summed E-state index contributed by atoms with van der Waals surface area (Å²) in [7, 11) is 1.68. The Hall–Kier alpha value is -2.64. The van der Waals surface area contributed by atoms with Crippen molar-refractivity contribution in [3.05, 3.63) is 66.9 Å².